The Morgan fingerprint density at radius 3 is 2.70 bits per heavy atom. The molecule has 54 valence electrons. The predicted octanol–water partition coefficient (Wildman–Crippen LogP) is 3.40. The van der Waals surface area contributed by atoms with Gasteiger partial charge in [0.1, 0.15) is 5.75 Å². The van der Waals surface area contributed by atoms with Gasteiger partial charge in [-0.15, -0.1) is 0 Å². The molecule has 1 rings (SSSR count). The summed E-state index contributed by atoms with van der Waals surface area (Å²) in [6, 6.07) is 4.95. The van der Waals surface area contributed by atoms with E-state index in [9.17, 15) is 0 Å². The Balaban J connectivity index is 3.09. The quantitative estimate of drug-likeness (QED) is 0.810. The number of phenolic OH excluding ortho intramolecular Hbond substituents is 1. The summed E-state index contributed by atoms with van der Waals surface area (Å²) in [4.78, 5) is 0.821. The first-order chi connectivity index (χ1) is 4.74. The molecule has 1 nitrogen and oxygen atoms in total. The molecule has 0 aliphatic carbocycles. The Labute approximate surface area is 76.0 Å². The number of hydrogen-bond acceptors (Lipinski definition) is 2. The molecule has 4 heteroatoms. The lowest BCUT2D eigenvalue weighted by molar-refractivity contribution is 0.473. The van der Waals surface area contributed by atoms with Gasteiger partial charge in [0.25, 0.3) is 0 Å². The molecule has 0 fully saturated rings. The number of halogens is 2. The monoisotopic (exact) mass is 238 g/mol. The van der Waals surface area contributed by atoms with Gasteiger partial charge >= 0.3 is 0 Å². The minimum absolute atomic E-state index is 0.228. The highest BCUT2D eigenvalue weighted by Gasteiger charge is 1.98. The maximum Gasteiger partial charge on any atom is 0.116 e. The lowest BCUT2D eigenvalue weighted by Crippen LogP contribution is -1.70. The lowest BCUT2D eigenvalue weighted by atomic mass is 10.3. The van der Waals surface area contributed by atoms with Crippen LogP contribution < -0.4 is 0 Å². The molecule has 0 aliphatic heterocycles. The molecule has 0 unspecified atom stereocenters. The van der Waals surface area contributed by atoms with Gasteiger partial charge < -0.3 is 5.11 Å². The SMILES string of the molecule is Oc1ccc(Br)c(SCl)c1. The van der Waals surface area contributed by atoms with Gasteiger partial charge in [-0.2, -0.15) is 0 Å². The van der Waals surface area contributed by atoms with Gasteiger partial charge in [0.2, 0.25) is 0 Å². The molecule has 0 atom stereocenters. The highest BCUT2D eigenvalue weighted by molar-refractivity contribution is 9.10. The molecule has 10 heavy (non-hydrogen) atoms. The smallest absolute Gasteiger partial charge is 0.116 e. The van der Waals surface area contributed by atoms with E-state index in [1.165, 1.54) is 0 Å². The van der Waals surface area contributed by atoms with E-state index in [4.69, 9.17) is 15.8 Å². The molecule has 0 heterocycles. The van der Waals surface area contributed by atoms with E-state index in [2.05, 4.69) is 15.9 Å². The fraction of sp³-hybridized carbons (Fsp3) is 0. The Bertz CT molecular complexity index is 241. The van der Waals surface area contributed by atoms with Gasteiger partial charge in [-0.25, -0.2) is 0 Å². The van der Waals surface area contributed by atoms with Crippen molar-refractivity contribution in [3.63, 3.8) is 0 Å². The first-order valence-electron chi connectivity index (χ1n) is 2.51. The van der Waals surface area contributed by atoms with Gasteiger partial charge in [0, 0.05) is 9.37 Å². The molecule has 0 amide bonds. The Morgan fingerprint density at radius 2 is 2.20 bits per heavy atom. The highest BCUT2D eigenvalue weighted by atomic mass is 79.9. The summed E-state index contributed by atoms with van der Waals surface area (Å²) in [7, 11) is 6.55. The van der Waals surface area contributed by atoms with E-state index >= 15 is 0 Å². The molecular formula is C6H4BrClOS. The van der Waals surface area contributed by atoms with Crippen LogP contribution in [0.4, 0.5) is 0 Å². The van der Waals surface area contributed by atoms with E-state index in [0.29, 0.717) is 0 Å². The molecule has 1 aromatic carbocycles. The molecule has 0 spiro atoms. The number of phenols is 1. The van der Waals surface area contributed by atoms with Crippen molar-refractivity contribution in [2.24, 2.45) is 0 Å². The second-order valence-electron chi connectivity index (χ2n) is 1.69. The zero-order valence-electron chi connectivity index (χ0n) is 4.84. The van der Waals surface area contributed by atoms with Crippen molar-refractivity contribution >= 4 is 37.6 Å². The van der Waals surface area contributed by atoms with Crippen molar-refractivity contribution in [2.45, 2.75) is 4.90 Å². The zero-order valence-corrected chi connectivity index (χ0v) is 8.00. The van der Waals surface area contributed by atoms with Crippen molar-refractivity contribution in [3.8, 4) is 5.75 Å². The molecule has 1 N–H and O–H groups in total. The maximum absolute atomic E-state index is 8.98. The third-order valence-corrected chi connectivity index (χ3v) is 2.95. The van der Waals surface area contributed by atoms with Gasteiger partial charge in [-0.05, 0) is 55.8 Å². The molecule has 0 aliphatic rings. The average molecular weight is 240 g/mol. The van der Waals surface area contributed by atoms with Gasteiger partial charge in [0.15, 0.2) is 0 Å². The van der Waals surface area contributed by atoms with Crippen molar-refractivity contribution in [1.82, 2.24) is 0 Å². The predicted molar refractivity (Wildman–Crippen MR) is 47.5 cm³/mol. The van der Waals surface area contributed by atoms with Crippen LogP contribution in [0.25, 0.3) is 0 Å². The van der Waals surface area contributed by atoms with Gasteiger partial charge in [-0.3, -0.25) is 0 Å². The topological polar surface area (TPSA) is 20.2 Å². The van der Waals surface area contributed by atoms with Crippen molar-refractivity contribution in [3.05, 3.63) is 22.7 Å². The van der Waals surface area contributed by atoms with Crippen molar-refractivity contribution in [2.75, 3.05) is 0 Å². The first-order valence-corrected chi connectivity index (χ1v) is 4.94. The molecule has 0 bridgehead atoms. The van der Waals surface area contributed by atoms with E-state index in [1.807, 2.05) is 0 Å². The molecular weight excluding hydrogens is 235 g/mol. The third-order valence-electron chi connectivity index (χ3n) is 0.998. The van der Waals surface area contributed by atoms with Crippen LogP contribution in [-0.4, -0.2) is 5.11 Å². The average Bonchev–Trinajstić information content (AvgIpc) is 1.94. The van der Waals surface area contributed by atoms with Crippen LogP contribution in [0.3, 0.4) is 0 Å². The Hall–Kier alpha value is 0.140. The van der Waals surface area contributed by atoms with Crippen LogP contribution in [-0.2, 0) is 0 Å². The van der Waals surface area contributed by atoms with E-state index < -0.39 is 0 Å². The summed E-state index contributed by atoms with van der Waals surface area (Å²) in [5, 5.41) is 8.98. The first kappa shape index (κ1) is 8.24. The summed E-state index contributed by atoms with van der Waals surface area (Å²) in [5.74, 6) is 0.228. The summed E-state index contributed by atoms with van der Waals surface area (Å²) in [5.41, 5.74) is 0. The molecule has 1 aromatic rings. The zero-order chi connectivity index (χ0) is 7.56. The van der Waals surface area contributed by atoms with E-state index in [-0.39, 0.29) is 5.75 Å². The fourth-order valence-corrected chi connectivity index (χ4v) is 2.01. The Kier molecular flexibility index (Phi) is 2.89. The largest absolute Gasteiger partial charge is 0.508 e. The summed E-state index contributed by atoms with van der Waals surface area (Å²) >= 11 is 3.27. The minimum Gasteiger partial charge on any atom is -0.508 e. The fourth-order valence-electron chi connectivity index (χ4n) is 0.551. The number of hydrogen-bond donors (Lipinski definition) is 1. The molecule has 0 saturated heterocycles. The van der Waals surface area contributed by atoms with Gasteiger partial charge in [0.05, 0.1) is 0 Å². The summed E-state index contributed by atoms with van der Waals surface area (Å²) in [6.45, 7) is 0. The number of aromatic hydroxyl groups is 1. The third kappa shape index (κ3) is 1.81. The number of rotatable bonds is 1. The van der Waals surface area contributed by atoms with Crippen LogP contribution >= 0.6 is 37.6 Å². The van der Waals surface area contributed by atoms with Gasteiger partial charge in [-0.1, -0.05) is 0 Å². The second kappa shape index (κ2) is 3.51. The molecule has 0 saturated carbocycles. The van der Waals surface area contributed by atoms with Crippen molar-refractivity contribution in [1.29, 1.82) is 0 Å². The summed E-state index contributed by atoms with van der Waals surface area (Å²) in [6.07, 6.45) is 0. The van der Waals surface area contributed by atoms with Crippen LogP contribution in [0.15, 0.2) is 27.6 Å². The second-order valence-corrected chi connectivity index (χ2v) is 3.60. The van der Waals surface area contributed by atoms with E-state index in [1.54, 1.807) is 18.2 Å². The van der Waals surface area contributed by atoms with Crippen LogP contribution in [0, 0.1) is 0 Å². The minimum atomic E-state index is 0.228. The molecule has 0 aromatic heterocycles. The lowest BCUT2D eigenvalue weighted by Gasteiger charge is -1.97. The Morgan fingerprint density at radius 1 is 1.50 bits per heavy atom. The van der Waals surface area contributed by atoms with Crippen LogP contribution in [0.5, 0.6) is 5.75 Å². The normalized spacial score (nSPS) is 9.80. The standard InChI is InChI=1S/C6H4BrClOS/c7-5-2-1-4(9)3-6(5)10-8/h1-3,9H. The highest BCUT2D eigenvalue weighted by Crippen LogP contribution is 2.32. The van der Waals surface area contributed by atoms with Crippen LogP contribution in [0.2, 0.25) is 0 Å². The van der Waals surface area contributed by atoms with E-state index in [0.717, 1.165) is 20.3 Å². The van der Waals surface area contributed by atoms with Crippen LogP contribution in [0.1, 0.15) is 0 Å². The number of benzene rings is 1. The summed E-state index contributed by atoms with van der Waals surface area (Å²) < 4.78 is 0.894. The maximum atomic E-state index is 8.98. The van der Waals surface area contributed by atoms with Crippen molar-refractivity contribution < 1.29 is 5.11 Å². The molecule has 0 radical (unpaired) electrons.